The maximum absolute atomic E-state index is 11.9. The molecule has 0 bridgehead atoms. The summed E-state index contributed by atoms with van der Waals surface area (Å²) in [4.78, 5) is 16.3. The highest BCUT2D eigenvalue weighted by atomic mass is 16.1. The summed E-state index contributed by atoms with van der Waals surface area (Å²) in [6, 6.07) is 10.8. The number of aromatic nitrogens is 3. The third-order valence-corrected chi connectivity index (χ3v) is 2.29. The molecule has 0 atom stereocenters. The Morgan fingerprint density at radius 3 is 2.87 bits per heavy atom. The van der Waals surface area contributed by atoms with Crippen LogP contribution in [0.3, 0.4) is 0 Å². The van der Waals surface area contributed by atoms with Crippen LogP contribution in [0.25, 0.3) is 16.6 Å². The van der Waals surface area contributed by atoms with E-state index in [4.69, 9.17) is 0 Å². The second-order valence-electron chi connectivity index (χ2n) is 3.23. The first-order chi connectivity index (χ1) is 7.36. The Bertz CT molecular complexity index is 646. The van der Waals surface area contributed by atoms with Crippen molar-refractivity contribution >= 4 is 16.6 Å². The lowest BCUT2D eigenvalue weighted by Gasteiger charge is -2.00. The highest BCUT2D eigenvalue weighted by molar-refractivity contribution is 5.79. The second-order valence-corrected chi connectivity index (χ2v) is 3.23. The monoisotopic (exact) mass is 197 g/mol. The van der Waals surface area contributed by atoms with Gasteiger partial charge in [0.25, 0.3) is 5.56 Å². The standard InChI is InChI=1S/C11H7N3O/c15-11-8-4-1-2-5-9(8)13-10-6-3-7-12-14(10)11/h1-7H. The number of nitrogens with zero attached hydrogens (tertiary/aromatic N) is 3. The average Bonchev–Trinajstić information content (AvgIpc) is 2.30. The van der Waals surface area contributed by atoms with Gasteiger partial charge in [0.05, 0.1) is 10.9 Å². The van der Waals surface area contributed by atoms with E-state index in [1.165, 1.54) is 4.52 Å². The molecule has 2 heterocycles. The highest BCUT2D eigenvalue weighted by Gasteiger charge is 2.03. The maximum atomic E-state index is 11.9. The van der Waals surface area contributed by atoms with Gasteiger partial charge in [-0.15, -0.1) is 0 Å². The average molecular weight is 197 g/mol. The van der Waals surface area contributed by atoms with Crippen LogP contribution in [0.5, 0.6) is 0 Å². The smallest absolute Gasteiger partial charge is 0.267 e. The van der Waals surface area contributed by atoms with Crippen molar-refractivity contribution in [3.8, 4) is 0 Å². The molecule has 3 rings (SSSR count). The lowest BCUT2D eigenvalue weighted by molar-refractivity contribution is 0.881. The molecular weight excluding hydrogens is 190 g/mol. The normalized spacial score (nSPS) is 10.9. The van der Waals surface area contributed by atoms with Gasteiger partial charge in [0, 0.05) is 6.20 Å². The van der Waals surface area contributed by atoms with E-state index in [0.29, 0.717) is 16.6 Å². The summed E-state index contributed by atoms with van der Waals surface area (Å²) in [7, 11) is 0. The van der Waals surface area contributed by atoms with Crippen LogP contribution in [-0.4, -0.2) is 14.6 Å². The molecule has 1 aromatic carbocycles. The van der Waals surface area contributed by atoms with Crippen molar-refractivity contribution in [2.75, 3.05) is 0 Å². The Morgan fingerprint density at radius 1 is 1.07 bits per heavy atom. The van der Waals surface area contributed by atoms with Gasteiger partial charge < -0.3 is 0 Å². The van der Waals surface area contributed by atoms with Crippen LogP contribution in [-0.2, 0) is 0 Å². The van der Waals surface area contributed by atoms with Crippen LogP contribution in [0.15, 0.2) is 47.4 Å². The van der Waals surface area contributed by atoms with Crippen LogP contribution in [0.2, 0.25) is 0 Å². The van der Waals surface area contributed by atoms with Crippen molar-refractivity contribution in [1.82, 2.24) is 14.6 Å². The van der Waals surface area contributed by atoms with Crippen molar-refractivity contribution in [1.29, 1.82) is 0 Å². The molecule has 15 heavy (non-hydrogen) atoms. The minimum Gasteiger partial charge on any atom is -0.267 e. The fraction of sp³-hybridized carbons (Fsp3) is 0. The number of para-hydroxylation sites is 1. The summed E-state index contributed by atoms with van der Waals surface area (Å²) >= 11 is 0. The molecular formula is C11H7N3O. The van der Waals surface area contributed by atoms with Crippen LogP contribution in [0, 0.1) is 0 Å². The van der Waals surface area contributed by atoms with Gasteiger partial charge in [-0.05, 0) is 24.3 Å². The zero-order valence-corrected chi connectivity index (χ0v) is 7.79. The molecule has 0 fully saturated rings. The zero-order valence-electron chi connectivity index (χ0n) is 7.79. The van der Waals surface area contributed by atoms with Crippen molar-refractivity contribution in [3.05, 3.63) is 52.9 Å². The number of fused-ring (bicyclic) bond motifs is 2. The molecule has 0 aliphatic heterocycles. The van der Waals surface area contributed by atoms with Gasteiger partial charge in [-0.3, -0.25) is 4.79 Å². The van der Waals surface area contributed by atoms with Gasteiger partial charge in [-0.1, -0.05) is 12.1 Å². The predicted octanol–water partition coefficient (Wildman–Crippen LogP) is 1.24. The van der Waals surface area contributed by atoms with Crippen LogP contribution >= 0.6 is 0 Å². The molecule has 0 aliphatic rings. The lowest BCUT2D eigenvalue weighted by Crippen LogP contribution is -2.17. The summed E-state index contributed by atoms with van der Waals surface area (Å²) < 4.78 is 1.31. The molecule has 0 N–H and O–H groups in total. The van der Waals surface area contributed by atoms with Crippen molar-refractivity contribution in [2.45, 2.75) is 0 Å². The van der Waals surface area contributed by atoms with Crippen molar-refractivity contribution < 1.29 is 0 Å². The van der Waals surface area contributed by atoms with Gasteiger partial charge >= 0.3 is 0 Å². The van der Waals surface area contributed by atoms with Gasteiger partial charge in [-0.25, -0.2) is 4.98 Å². The molecule has 0 saturated heterocycles. The summed E-state index contributed by atoms with van der Waals surface area (Å²) in [5.74, 6) is 0. The Labute approximate surface area is 84.8 Å². The molecule has 0 amide bonds. The molecule has 72 valence electrons. The van der Waals surface area contributed by atoms with E-state index >= 15 is 0 Å². The fourth-order valence-corrected chi connectivity index (χ4v) is 1.59. The molecule has 4 nitrogen and oxygen atoms in total. The Hall–Kier alpha value is -2.23. The summed E-state index contributed by atoms with van der Waals surface area (Å²) in [6.45, 7) is 0. The summed E-state index contributed by atoms with van der Waals surface area (Å²) in [6.07, 6.45) is 1.57. The number of hydrogen-bond donors (Lipinski definition) is 0. The topological polar surface area (TPSA) is 47.3 Å². The minimum atomic E-state index is -0.129. The third kappa shape index (κ3) is 1.11. The largest absolute Gasteiger partial charge is 0.282 e. The molecule has 4 heteroatoms. The molecule has 0 spiro atoms. The van der Waals surface area contributed by atoms with E-state index in [1.54, 1.807) is 24.4 Å². The van der Waals surface area contributed by atoms with E-state index in [0.717, 1.165) is 0 Å². The SMILES string of the molecule is O=c1c2ccccc2nc2cccnn12. The Balaban J connectivity index is 2.66. The highest BCUT2D eigenvalue weighted by Crippen LogP contribution is 2.06. The predicted molar refractivity (Wildman–Crippen MR) is 56.8 cm³/mol. The van der Waals surface area contributed by atoms with Gasteiger partial charge in [0.2, 0.25) is 0 Å². The molecule has 0 aliphatic carbocycles. The number of benzene rings is 1. The first kappa shape index (κ1) is 8.11. The van der Waals surface area contributed by atoms with E-state index in [9.17, 15) is 4.79 Å². The van der Waals surface area contributed by atoms with Gasteiger partial charge in [-0.2, -0.15) is 9.61 Å². The Kier molecular flexibility index (Phi) is 1.56. The summed E-state index contributed by atoms with van der Waals surface area (Å²) in [5, 5.41) is 4.56. The van der Waals surface area contributed by atoms with E-state index in [2.05, 4.69) is 10.1 Å². The zero-order chi connectivity index (χ0) is 10.3. The Morgan fingerprint density at radius 2 is 1.93 bits per heavy atom. The first-order valence-electron chi connectivity index (χ1n) is 4.59. The van der Waals surface area contributed by atoms with E-state index in [-0.39, 0.29) is 5.56 Å². The molecule has 0 radical (unpaired) electrons. The fourth-order valence-electron chi connectivity index (χ4n) is 1.59. The quantitative estimate of drug-likeness (QED) is 0.509. The van der Waals surface area contributed by atoms with E-state index in [1.807, 2.05) is 18.2 Å². The summed E-state index contributed by atoms with van der Waals surface area (Å²) in [5.41, 5.74) is 1.15. The number of hydrogen-bond acceptors (Lipinski definition) is 3. The molecule has 0 unspecified atom stereocenters. The molecule has 3 aromatic rings. The van der Waals surface area contributed by atoms with Crippen LogP contribution in [0.4, 0.5) is 0 Å². The van der Waals surface area contributed by atoms with Crippen molar-refractivity contribution in [2.24, 2.45) is 0 Å². The van der Waals surface area contributed by atoms with Crippen LogP contribution in [0.1, 0.15) is 0 Å². The number of rotatable bonds is 0. The van der Waals surface area contributed by atoms with Gasteiger partial charge in [0.15, 0.2) is 5.65 Å². The van der Waals surface area contributed by atoms with E-state index < -0.39 is 0 Å². The van der Waals surface area contributed by atoms with Crippen LogP contribution < -0.4 is 5.56 Å². The minimum absolute atomic E-state index is 0.129. The van der Waals surface area contributed by atoms with Gasteiger partial charge in [0.1, 0.15) is 0 Å². The first-order valence-corrected chi connectivity index (χ1v) is 4.59. The third-order valence-electron chi connectivity index (χ3n) is 2.29. The second kappa shape index (κ2) is 2.88. The van der Waals surface area contributed by atoms with Crippen molar-refractivity contribution in [3.63, 3.8) is 0 Å². The molecule has 0 saturated carbocycles. The molecule has 2 aromatic heterocycles. The lowest BCUT2D eigenvalue weighted by atomic mass is 10.2. The maximum Gasteiger partial charge on any atom is 0.282 e.